The van der Waals surface area contributed by atoms with E-state index in [-0.39, 0.29) is 18.2 Å². The van der Waals surface area contributed by atoms with Crippen molar-refractivity contribution in [1.82, 2.24) is 4.90 Å². The zero-order valence-electron chi connectivity index (χ0n) is 15.6. The van der Waals surface area contributed by atoms with Gasteiger partial charge in [-0.25, -0.2) is 4.79 Å². The summed E-state index contributed by atoms with van der Waals surface area (Å²) in [6.45, 7) is 4.23. The van der Waals surface area contributed by atoms with E-state index in [1.54, 1.807) is 18.2 Å². The summed E-state index contributed by atoms with van der Waals surface area (Å²) in [5.74, 6) is 0.0331. The van der Waals surface area contributed by atoms with Gasteiger partial charge < -0.3 is 14.4 Å². The van der Waals surface area contributed by atoms with Gasteiger partial charge in [0.1, 0.15) is 5.76 Å². The van der Waals surface area contributed by atoms with Crippen molar-refractivity contribution in [2.75, 3.05) is 20.8 Å². The molecule has 1 aliphatic carbocycles. The molecule has 1 fully saturated rings. The van der Waals surface area contributed by atoms with Crippen LogP contribution in [-0.2, 0) is 25.5 Å². The molecule has 7 heteroatoms. The Kier molecular flexibility index (Phi) is 9.52. The van der Waals surface area contributed by atoms with Crippen LogP contribution in [-0.4, -0.2) is 38.0 Å². The molecule has 0 N–H and O–H groups in total. The van der Waals surface area contributed by atoms with Gasteiger partial charge in [-0.05, 0) is 37.0 Å². The standard InChI is InChI=1S/C17H19Cl2NO4.C2H6/c1-23-16(11-6-7-11)15(17(22)24-2)20(10-21)9-8-12-13(18)4-3-5-14(12)19;1-2/h3-5,10-11H,6-9H2,1-2H3;1-2H3/b16-15-;. The van der Waals surface area contributed by atoms with Crippen LogP contribution in [0.2, 0.25) is 10.0 Å². The van der Waals surface area contributed by atoms with Gasteiger partial charge in [0, 0.05) is 22.5 Å². The van der Waals surface area contributed by atoms with Crippen molar-refractivity contribution in [3.8, 4) is 0 Å². The smallest absolute Gasteiger partial charge is 0.358 e. The first-order chi connectivity index (χ1) is 12.5. The third-order valence-electron chi connectivity index (χ3n) is 3.86. The van der Waals surface area contributed by atoms with Gasteiger partial charge in [-0.15, -0.1) is 0 Å². The summed E-state index contributed by atoms with van der Waals surface area (Å²) in [6.07, 6.45) is 2.84. The molecule has 1 aromatic rings. The molecule has 26 heavy (non-hydrogen) atoms. The van der Waals surface area contributed by atoms with Gasteiger partial charge in [-0.1, -0.05) is 43.1 Å². The fourth-order valence-corrected chi connectivity index (χ4v) is 3.07. The molecular formula is C19H25Cl2NO4. The number of carbonyl (C=O) groups excluding carboxylic acids is 2. The number of amides is 1. The van der Waals surface area contributed by atoms with E-state index in [1.807, 2.05) is 13.8 Å². The Balaban J connectivity index is 0.00000163. The average molecular weight is 402 g/mol. The number of rotatable bonds is 8. The van der Waals surface area contributed by atoms with Gasteiger partial charge >= 0.3 is 5.97 Å². The first-order valence-corrected chi connectivity index (χ1v) is 9.30. The van der Waals surface area contributed by atoms with Crippen molar-refractivity contribution < 1.29 is 19.1 Å². The molecule has 1 aliphatic rings. The van der Waals surface area contributed by atoms with Crippen molar-refractivity contribution in [2.24, 2.45) is 5.92 Å². The van der Waals surface area contributed by atoms with Gasteiger partial charge in [-0.3, -0.25) is 4.79 Å². The molecule has 0 spiro atoms. The lowest BCUT2D eigenvalue weighted by molar-refractivity contribution is -0.140. The number of allylic oxidation sites excluding steroid dienone is 1. The number of nitrogens with zero attached hydrogens (tertiary/aromatic N) is 1. The second-order valence-corrected chi connectivity index (χ2v) is 6.25. The Morgan fingerprint density at radius 2 is 1.77 bits per heavy atom. The van der Waals surface area contributed by atoms with Crippen LogP contribution < -0.4 is 0 Å². The van der Waals surface area contributed by atoms with Gasteiger partial charge in [0.25, 0.3) is 0 Å². The van der Waals surface area contributed by atoms with Crippen LogP contribution >= 0.6 is 23.2 Å². The molecule has 0 radical (unpaired) electrons. The van der Waals surface area contributed by atoms with Gasteiger partial charge in [0.2, 0.25) is 6.41 Å². The number of hydrogen-bond acceptors (Lipinski definition) is 4. The van der Waals surface area contributed by atoms with Crippen LogP contribution in [0.4, 0.5) is 0 Å². The van der Waals surface area contributed by atoms with E-state index in [0.717, 1.165) is 18.4 Å². The van der Waals surface area contributed by atoms with Crippen LogP contribution in [0.5, 0.6) is 0 Å². The third kappa shape index (κ3) is 5.64. The summed E-state index contributed by atoms with van der Waals surface area (Å²) in [5, 5.41) is 1.04. The lowest BCUT2D eigenvalue weighted by Crippen LogP contribution is -2.31. The van der Waals surface area contributed by atoms with E-state index in [2.05, 4.69) is 0 Å². The van der Waals surface area contributed by atoms with Crippen LogP contribution in [0.1, 0.15) is 32.3 Å². The number of carbonyl (C=O) groups is 2. The quantitative estimate of drug-likeness (QED) is 0.279. The Labute approximate surface area is 164 Å². The molecule has 5 nitrogen and oxygen atoms in total. The highest BCUT2D eigenvalue weighted by Gasteiger charge is 2.35. The number of halogens is 2. The number of methoxy groups -OCH3 is 2. The fraction of sp³-hybridized carbons (Fsp3) is 0.474. The highest BCUT2D eigenvalue weighted by atomic mass is 35.5. The van der Waals surface area contributed by atoms with Crippen molar-refractivity contribution in [3.63, 3.8) is 0 Å². The van der Waals surface area contributed by atoms with Gasteiger partial charge in [-0.2, -0.15) is 0 Å². The van der Waals surface area contributed by atoms with Crippen LogP contribution in [0, 0.1) is 5.92 Å². The van der Waals surface area contributed by atoms with Gasteiger partial charge in [0.15, 0.2) is 5.70 Å². The lowest BCUT2D eigenvalue weighted by Gasteiger charge is -2.22. The molecule has 0 atom stereocenters. The lowest BCUT2D eigenvalue weighted by atomic mass is 10.1. The molecule has 1 saturated carbocycles. The topological polar surface area (TPSA) is 55.8 Å². The Morgan fingerprint density at radius 1 is 1.19 bits per heavy atom. The molecule has 0 bridgehead atoms. The van der Waals surface area contributed by atoms with E-state index < -0.39 is 5.97 Å². The second-order valence-electron chi connectivity index (χ2n) is 5.43. The predicted octanol–water partition coefficient (Wildman–Crippen LogP) is 4.46. The third-order valence-corrected chi connectivity index (χ3v) is 4.57. The zero-order chi connectivity index (χ0) is 19.7. The van der Waals surface area contributed by atoms with Crippen molar-refractivity contribution in [3.05, 3.63) is 45.3 Å². The van der Waals surface area contributed by atoms with Crippen molar-refractivity contribution in [2.45, 2.75) is 33.1 Å². The highest BCUT2D eigenvalue weighted by molar-refractivity contribution is 6.36. The molecule has 0 aliphatic heterocycles. The van der Waals surface area contributed by atoms with Crippen LogP contribution in [0.3, 0.4) is 0 Å². The molecule has 1 amide bonds. The molecule has 1 aromatic carbocycles. The summed E-state index contributed by atoms with van der Waals surface area (Å²) < 4.78 is 10.2. The summed E-state index contributed by atoms with van der Waals surface area (Å²) in [4.78, 5) is 25.1. The molecule has 2 rings (SSSR count). The van der Waals surface area contributed by atoms with E-state index in [9.17, 15) is 9.59 Å². The minimum Gasteiger partial charge on any atom is -0.498 e. The Morgan fingerprint density at radius 3 is 2.19 bits per heavy atom. The van der Waals surface area contributed by atoms with Crippen LogP contribution in [0.25, 0.3) is 0 Å². The van der Waals surface area contributed by atoms with E-state index in [1.165, 1.54) is 19.1 Å². The normalized spacial score (nSPS) is 13.8. The minimum absolute atomic E-state index is 0.140. The first kappa shape index (κ1) is 22.3. The Bertz CT molecular complexity index is 637. The number of esters is 1. The zero-order valence-corrected chi connectivity index (χ0v) is 17.1. The SMILES string of the molecule is CC.COC(=O)/C(=C(/OC)C1CC1)N(C=O)CCc1c(Cl)cccc1Cl. The fourth-order valence-electron chi connectivity index (χ4n) is 2.48. The number of hydrogen-bond donors (Lipinski definition) is 0. The summed E-state index contributed by atoms with van der Waals surface area (Å²) >= 11 is 12.3. The monoisotopic (exact) mass is 401 g/mol. The molecule has 0 saturated heterocycles. The largest absolute Gasteiger partial charge is 0.498 e. The van der Waals surface area contributed by atoms with Crippen LogP contribution in [0.15, 0.2) is 29.7 Å². The van der Waals surface area contributed by atoms with E-state index in [4.69, 9.17) is 32.7 Å². The molecule has 0 unspecified atom stereocenters. The number of benzene rings is 1. The molecule has 0 heterocycles. The maximum absolute atomic E-state index is 12.2. The average Bonchev–Trinajstić information content (AvgIpc) is 3.49. The predicted molar refractivity (Wildman–Crippen MR) is 103 cm³/mol. The summed E-state index contributed by atoms with van der Waals surface area (Å²) in [5.41, 5.74) is 0.864. The first-order valence-electron chi connectivity index (χ1n) is 8.54. The van der Waals surface area contributed by atoms with Gasteiger partial charge in [0.05, 0.1) is 14.2 Å². The molecule has 144 valence electrons. The maximum Gasteiger partial charge on any atom is 0.358 e. The number of ether oxygens (including phenoxy) is 2. The molecular weight excluding hydrogens is 377 g/mol. The summed E-state index contributed by atoms with van der Waals surface area (Å²) in [6, 6.07) is 5.22. The summed E-state index contributed by atoms with van der Waals surface area (Å²) in [7, 11) is 2.76. The van der Waals surface area contributed by atoms with E-state index >= 15 is 0 Å². The molecule has 0 aromatic heterocycles. The minimum atomic E-state index is -0.601. The van der Waals surface area contributed by atoms with Crippen molar-refractivity contribution >= 4 is 35.6 Å². The second kappa shape index (κ2) is 11.1. The maximum atomic E-state index is 12.2. The highest BCUT2D eigenvalue weighted by Crippen LogP contribution is 2.39. The Hall–Kier alpha value is -1.72. The van der Waals surface area contributed by atoms with E-state index in [0.29, 0.717) is 28.6 Å². The van der Waals surface area contributed by atoms with Crippen molar-refractivity contribution in [1.29, 1.82) is 0 Å².